The number of carbonyl (C=O) groups excluding carboxylic acids is 1. The summed E-state index contributed by atoms with van der Waals surface area (Å²) in [4.78, 5) is 19.9. The van der Waals surface area contributed by atoms with Crippen LogP contribution in [0.4, 0.5) is 0 Å². The molecule has 19 heavy (non-hydrogen) atoms. The number of ether oxygens (including phenoxy) is 1. The van der Waals surface area contributed by atoms with Crippen LogP contribution in [0.15, 0.2) is 0 Å². The Morgan fingerprint density at radius 2 is 1.58 bits per heavy atom. The molecule has 0 aliphatic rings. The maximum absolute atomic E-state index is 10.3. The van der Waals surface area contributed by atoms with Crippen LogP contribution < -0.4 is 0 Å². The maximum Gasteiger partial charge on any atom is 0.306 e. The van der Waals surface area contributed by atoms with Gasteiger partial charge < -0.3 is 9.84 Å². The Balaban J connectivity index is -0.000000214. The van der Waals surface area contributed by atoms with Crippen molar-refractivity contribution in [3.05, 3.63) is 0 Å². The second-order valence-electron chi connectivity index (χ2n) is 2.56. The molecule has 0 saturated heterocycles. The predicted molar refractivity (Wildman–Crippen MR) is 75.6 cm³/mol. The van der Waals surface area contributed by atoms with Crippen molar-refractivity contribution in [2.75, 3.05) is 7.11 Å². The third-order valence-electron chi connectivity index (χ3n) is 1.18. The van der Waals surface area contributed by atoms with E-state index in [2.05, 4.69) is 37.9 Å². The lowest BCUT2D eigenvalue weighted by Gasteiger charge is -1.90. The quantitative estimate of drug-likeness (QED) is 0.485. The van der Waals surface area contributed by atoms with Gasteiger partial charge in [0.2, 0.25) is 9.23 Å². The summed E-state index contributed by atoms with van der Waals surface area (Å²) in [5, 5.41) is 7.95. The number of methoxy groups -OCH3 is 1. The second kappa shape index (κ2) is 19.1. The Morgan fingerprint density at radius 3 is 1.79 bits per heavy atom. The number of rotatable bonds is 4. The average molecular weight is 329 g/mol. The minimum Gasteiger partial charge on any atom is -0.481 e. The van der Waals surface area contributed by atoms with Crippen molar-refractivity contribution in [3.8, 4) is 24.7 Å². The third-order valence-corrected chi connectivity index (χ3v) is 1.18. The van der Waals surface area contributed by atoms with Crippen molar-refractivity contribution >= 4 is 42.5 Å². The summed E-state index contributed by atoms with van der Waals surface area (Å²) in [6.07, 6.45) is 10.8. The molecular weight excluding hydrogens is 315 g/mol. The van der Waals surface area contributed by atoms with Gasteiger partial charge in [0.25, 0.3) is 0 Å². The molecule has 0 amide bonds. The molecule has 0 radical (unpaired) electrons. The van der Waals surface area contributed by atoms with Gasteiger partial charge >= 0.3 is 11.9 Å². The molecule has 8 heteroatoms. The fourth-order valence-corrected chi connectivity index (χ4v) is 0.455. The Bertz CT molecular complexity index is 353. The van der Waals surface area contributed by atoms with E-state index in [0.717, 1.165) is 0 Å². The van der Waals surface area contributed by atoms with Gasteiger partial charge in [-0.2, -0.15) is 0 Å². The summed E-state index contributed by atoms with van der Waals surface area (Å²) < 4.78 is 13.4. The lowest BCUT2D eigenvalue weighted by atomic mass is 10.3. The molecule has 0 aliphatic carbocycles. The number of terminal acetylenes is 2. The molecule has 0 rings (SSSR count). The van der Waals surface area contributed by atoms with Gasteiger partial charge in [0, 0.05) is 34.2 Å². The molecular formula is C11H14Cl2O5S. The van der Waals surface area contributed by atoms with Crippen LogP contribution in [0.1, 0.15) is 25.7 Å². The molecule has 0 spiro atoms. The van der Waals surface area contributed by atoms with E-state index >= 15 is 0 Å². The van der Waals surface area contributed by atoms with Crippen LogP contribution in [-0.2, 0) is 23.6 Å². The molecule has 0 aromatic heterocycles. The molecule has 0 aromatic rings. The molecule has 0 aliphatic heterocycles. The van der Waals surface area contributed by atoms with Gasteiger partial charge in [-0.3, -0.25) is 9.59 Å². The molecule has 1 N–H and O–H groups in total. The normalized spacial score (nSPS) is 7.68. The molecule has 0 unspecified atom stereocenters. The first-order chi connectivity index (χ1) is 8.81. The number of halogens is 2. The van der Waals surface area contributed by atoms with E-state index in [0.29, 0.717) is 19.3 Å². The monoisotopic (exact) mass is 328 g/mol. The highest BCUT2D eigenvalue weighted by Gasteiger charge is 1.94. The zero-order valence-corrected chi connectivity index (χ0v) is 12.6. The summed E-state index contributed by atoms with van der Waals surface area (Å²) in [6, 6.07) is 0. The van der Waals surface area contributed by atoms with Crippen LogP contribution in [0, 0.1) is 24.7 Å². The largest absolute Gasteiger partial charge is 0.481 e. The minimum atomic E-state index is -1.67. The first-order valence-corrected chi connectivity index (χ1v) is 7.51. The molecule has 0 fully saturated rings. The summed E-state index contributed by atoms with van der Waals surface area (Å²) in [5.74, 6) is 3.47. The van der Waals surface area contributed by atoms with E-state index in [-0.39, 0.29) is 12.4 Å². The van der Waals surface area contributed by atoms with Crippen molar-refractivity contribution in [1.82, 2.24) is 0 Å². The topological polar surface area (TPSA) is 80.7 Å². The SMILES string of the molecule is C#CCCC(=O)O.C#CCCC(=O)OC.O=S(Cl)Cl. The first kappa shape index (κ1) is 22.9. The van der Waals surface area contributed by atoms with Gasteiger partial charge in [-0.25, -0.2) is 4.21 Å². The highest BCUT2D eigenvalue weighted by Crippen LogP contribution is 1.89. The number of carboxylic acids is 1. The summed E-state index contributed by atoms with van der Waals surface area (Å²) in [5.41, 5.74) is 0. The summed E-state index contributed by atoms with van der Waals surface area (Å²) in [6.45, 7) is 0. The lowest BCUT2D eigenvalue weighted by molar-refractivity contribution is -0.140. The van der Waals surface area contributed by atoms with Gasteiger partial charge in [-0.1, -0.05) is 0 Å². The summed E-state index contributed by atoms with van der Waals surface area (Å²) in [7, 11) is 8.70. The minimum absolute atomic E-state index is 0.0799. The number of carbonyl (C=O) groups is 2. The molecule has 108 valence electrons. The Kier molecular flexibility index (Phi) is 23.1. The Morgan fingerprint density at radius 1 is 1.21 bits per heavy atom. The van der Waals surface area contributed by atoms with Crippen LogP contribution >= 0.6 is 21.4 Å². The molecule has 0 atom stereocenters. The third kappa shape index (κ3) is 47.5. The van der Waals surface area contributed by atoms with Gasteiger partial charge in [-0.15, -0.1) is 24.7 Å². The highest BCUT2D eigenvalue weighted by atomic mass is 36.0. The van der Waals surface area contributed by atoms with E-state index in [1.807, 2.05) is 0 Å². The van der Waals surface area contributed by atoms with Gasteiger partial charge in [0.1, 0.15) is 0 Å². The molecule has 5 nitrogen and oxygen atoms in total. The van der Waals surface area contributed by atoms with E-state index in [1.54, 1.807) is 0 Å². The van der Waals surface area contributed by atoms with Crippen molar-refractivity contribution in [2.24, 2.45) is 0 Å². The second-order valence-corrected chi connectivity index (χ2v) is 5.09. The van der Waals surface area contributed by atoms with Crippen molar-refractivity contribution in [3.63, 3.8) is 0 Å². The standard InChI is InChI=1S/C6H8O2.C5H6O2.Cl2OS/c1-3-4-5-6(7)8-2;1-2-3-4-5(6)7;1-4(2)3/h1H,4-5H2,2H3;1H,3-4H2,(H,6,7);. The van der Waals surface area contributed by atoms with Gasteiger partial charge in [-0.05, 0) is 0 Å². The van der Waals surface area contributed by atoms with E-state index in [4.69, 9.17) is 22.2 Å². The lowest BCUT2D eigenvalue weighted by Crippen LogP contribution is -1.97. The van der Waals surface area contributed by atoms with Gasteiger partial charge in [0.15, 0.2) is 0 Å². The highest BCUT2D eigenvalue weighted by molar-refractivity contribution is 8.26. The van der Waals surface area contributed by atoms with Crippen molar-refractivity contribution < 1.29 is 23.6 Å². The van der Waals surface area contributed by atoms with Crippen LogP contribution in [0.5, 0.6) is 0 Å². The smallest absolute Gasteiger partial charge is 0.306 e. The fourth-order valence-electron chi connectivity index (χ4n) is 0.455. The Labute approximate surface area is 124 Å². The number of esters is 1. The van der Waals surface area contributed by atoms with Crippen molar-refractivity contribution in [1.29, 1.82) is 0 Å². The van der Waals surface area contributed by atoms with Crippen LogP contribution in [0.25, 0.3) is 0 Å². The van der Waals surface area contributed by atoms with Gasteiger partial charge in [0.05, 0.1) is 20.0 Å². The number of carboxylic acid groups (broad SMARTS) is 1. The van der Waals surface area contributed by atoms with Crippen molar-refractivity contribution in [2.45, 2.75) is 25.7 Å². The molecule has 0 heterocycles. The summed E-state index contributed by atoms with van der Waals surface area (Å²) >= 11 is 0. The zero-order chi connectivity index (χ0) is 15.7. The van der Waals surface area contributed by atoms with Crippen LogP contribution in [-0.4, -0.2) is 28.4 Å². The number of hydrogen-bond donors (Lipinski definition) is 1. The maximum atomic E-state index is 10.3. The average Bonchev–Trinajstić information content (AvgIpc) is 2.33. The fraction of sp³-hybridized carbons (Fsp3) is 0.455. The Hall–Kier alpha value is -1.21. The molecule has 0 saturated carbocycles. The molecule has 0 bridgehead atoms. The predicted octanol–water partition coefficient (Wildman–Crippen LogP) is 2.10. The van der Waals surface area contributed by atoms with E-state index in [9.17, 15) is 9.59 Å². The van der Waals surface area contributed by atoms with Crippen LogP contribution in [0.2, 0.25) is 0 Å². The first-order valence-electron chi connectivity index (χ1n) is 4.71. The van der Waals surface area contributed by atoms with E-state index in [1.165, 1.54) is 7.11 Å². The zero-order valence-electron chi connectivity index (χ0n) is 10.2. The number of hydrogen-bond acceptors (Lipinski definition) is 4. The van der Waals surface area contributed by atoms with E-state index < -0.39 is 15.2 Å². The van der Waals surface area contributed by atoms with Crippen LogP contribution in [0.3, 0.4) is 0 Å². The number of aliphatic carboxylic acids is 1. The molecule has 0 aromatic carbocycles.